The van der Waals surface area contributed by atoms with Gasteiger partial charge in [-0.25, -0.2) is 24.0 Å². The second kappa shape index (κ2) is 10.6. The minimum atomic E-state index is -4.35. The first kappa shape index (κ1) is 27.2. The number of amides is 1. The first-order valence-corrected chi connectivity index (χ1v) is 14.6. The van der Waals surface area contributed by atoms with E-state index in [-0.39, 0.29) is 23.7 Å². The van der Waals surface area contributed by atoms with Crippen molar-refractivity contribution in [2.45, 2.75) is 38.8 Å². The number of nitrogens with one attached hydrogen (secondary N) is 1. The summed E-state index contributed by atoms with van der Waals surface area (Å²) in [5.41, 5.74) is 2.05. The van der Waals surface area contributed by atoms with Gasteiger partial charge in [-0.15, -0.1) is 0 Å². The third kappa shape index (κ3) is 5.67. The summed E-state index contributed by atoms with van der Waals surface area (Å²) in [6.45, 7) is 2.74. The number of anilines is 1. The second-order valence-electron chi connectivity index (χ2n) is 9.27. The van der Waals surface area contributed by atoms with Crippen molar-refractivity contribution in [1.29, 1.82) is 0 Å². The van der Waals surface area contributed by atoms with Gasteiger partial charge in [-0.3, -0.25) is 18.8 Å². The first-order valence-electron chi connectivity index (χ1n) is 12.0. The van der Waals surface area contributed by atoms with Crippen molar-refractivity contribution in [3.05, 3.63) is 64.9 Å². The number of alkyl halides is 1. The molecule has 3 atom stereocenters. The van der Waals surface area contributed by atoms with Crippen LogP contribution in [0.5, 0.6) is 0 Å². The summed E-state index contributed by atoms with van der Waals surface area (Å²) in [4.78, 5) is 49.1. The molecule has 4 aromatic rings. The van der Waals surface area contributed by atoms with Gasteiger partial charge < -0.3 is 10.2 Å². The molecule has 5 rings (SSSR count). The summed E-state index contributed by atoms with van der Waals surface area (Å²) in [6.07, 6.45) is 1.07. The van der Waals surface area contributed by atoms with Crippen molar-refractivity contribution in [3.63, 3.8) is 0 Å². The van der Waals surface area contributed by atoms with Crippen molar-refractivity contribution >= 4 is 51.9 Å². The van der Waals surface area contributed by atoms with E-state index in [9.17, 15) is 23.4 Å². The van der Waals surface area contributed by atoms with Crippen LogP contribution in [-0.4, -0.2) is 64.7 Å². The molecular weight excluding hydrogens is 592 g/mol. The molecule has 202 valence electrons. The Balaban J connectivity index is 1.45. The first-order chi connectivity index (χ1) is 18.5. The van der Waals surface area contributed by atoms with Crippen LogP contribution in [0.25, 0.3) is 22.0 Å². The lowest BCUT2D eigenvalue weighted by atomic mass is 10.0. The molecule has 1 saturated heterocycles. The van der Waals surface area contributed by atoms with Gasteiger partial charge in [-0.05, 0) is 52.7 Å². The third-order valence-electron chi connectivity index (χ3n) is 6.41. The zero-order valence-corrected chi connectivity index (χ0v) is 23.4. The minimum absolute atomic E-state index is 0.125. The third-order valence-corrected chi connectivity index (χ3v) is 8.73. The van der Waals surface area contributed by atoms with Gasteiger partial charge in [0.05, 0.1) is 5.52 Å². The van der Waals surface area contributed by atoms with E-state index >= 15 is 0 Å². The summed E-state index contributed by atoms with van der Waals surface area (Å²) in [7, 11) is -4.35. The predicted octanol–water partition coefficient (Wildman–Crippen LogP) is 4.36. The molecule has 0 radical (unpaired) electrons. The smallest absolute Gasteiger partial charge is 0.291 e. The van der Waals surface area contributed by atoms with Crippen molar-refractivity contribution in [3.8, 4) is 11.1 Å². The van der Waals surface area contributed by atoms with E-state index in [1.807, 2.05) is 0 Å². The van der Waals surface area contributed by atoms with Gasteiger partial charge in [0.15, 0.2) is 5.78 Å². The van der Waals surface area contributed by atoms with Crippen LogP contribution in [0, 0.1) is 6.92 Å². The fourth-order valence-corrected chi connectivity index (χ4v) is 6.71. The Morgan fingerprint density at radius 1 is 1.21 bits per heavy atom. The molecule has 1 aromatic carbocycles. The van der Waals surface area contributed by atoms with E-state index in [1.54, 1.807) is 55.7 Å². The van der Waals surface area contributed by atoms with Crippen LogP contribution in [-0.2, 0) is 15.6 Å². The number of halogens is 2. The maximum absolute atomic E-state index is 14.5. The van der Waals surface area contributed by atoms with Gasteiger partial charge in [-0.1, -0.05) is 12.1 Å². The van der Waals surface area contributed by atoms with E-state index < -0.39 is 38.5 Å². The summed E-state index contributed by atoms with van der Waals surface area (Å²) in [6, 6.07) is 8.92. The summed E-state index contributed by atoms with van der Waals surface area (Å²) in [5.74, 6) is -0.126. The quantitative estimate of drug-likeness (QED) is 0.176. The number of pyridine rings is 1. The number of fused-ring (bicyclic) bond motifs is 1. The van der Waals surface area contributed by atoms with Gasteiger partial charge in [0.1, 0.15) is 40.4 Å². The molecule has 39 heavy (non-hydrogen) atoms. The molecule has 1 aliphatic rings. The maximum atomic E-state index is 14.5. The molecule has 1 fully saturated rings. The van der Waals surface area contributed by atoms with Crippen LogP contribution in [0.2, 0.25) is 0 Å². The Hall–Kier alpha value is -3.38. The number of carbonyl (C=O) groups excluding carboxylic acids is 2. The lowest BCUT2D eigenvalue weighted by molar-refractivity contribution is -0.119. The van der Waals surface area contributed by atoms with Crippen LogP contribution in [0.4, 0.5) is 10.2 Å². The van der Waals surface area contributed by atoms with Gasteiger partial charge in [0.2, 0.25) is 5.91 Å². The number of carbonyl (C=O) groups is 2. The Bertz CT molecular complexity index is 1630. The summed E-state index contributed by atoms with van der Waals surface area (Å²) >= 11 is 3.22. The number of aromatic nitrogens is 5. The monoisotopic (exact) mass is 615 g/mol. The number of rotatable bonds is 7. The van der Waals surface area contributed by atoms with Gasteiger partial charge in [0, 0.05) is 43.2 Å². The number of aryl methyl sites for hydroxylation is 1. The average molecular weight is 616 g/mol. The molecule has 11 nitrogen and oxygen atoms in total. The lowest BCUT2D eigenvalue weighted by Gasteiger charge is -2.27. The van der Waals surface area contributed by atoms with E-state index in [4.69, 9.17) is 0 Å². The van der Waals surface area contributed by atoms with Crippen LogP contribution in [0.3, 0.4) is 0 Å². The zero-order chi connectivity index (χ0) is 27.9. The second-order valence-corrected chi connectivity index (χ2v) is 12.2. The topological polar surface area (TPSA) is 143 Å². The number of Topliss-reactive ketones (excluding diaryl/α,β-unsaturated/α-hetero) is 1. The predicted molar refractivity (Wildman–Crippen MR) is 146 cm³/mol. The highest BCUT2D eigenvalue weighted by Crippen LogP contribution is 2.52. The highest BCUT2D eigenvalue weighted by atomic mass is 79.9. The number of ketones is 1. The van der Waals surface area contributed by atoms with Crippen molar-refractivity contribution in [2.24, 2.45) is 0 Å². The summed E-state index contributed by atoms with van der Waals surface area (Å²) in [5, 5.41) is 7.40. The fourth-order valence-electron chi connectivity index (χ4n) is 4.57. The molecule has 1 unspecified atom stereocenters. The summed E-state index contributed by atoms with van der Waals surface area (Å²) < 4.78 is 30.9. The van der Waals surface area contributed by atoms with Crippen LogP contribution < -0.4 is 5.32 Å². The molecule has 4 heterocycles. The molecule has 0 saturated carbocycles. The van der Waals surface area contributed by atoms with Gasteiger partial charge in [0.25, 0.3) is 7.52 Å². The van der Waals surface area contributed by atoms with Gasteiger partial charge >= 0.3 is 0 Å². The molecule has 3 aromatic heterocycles. The maximum Gasteiger partial charge on any atom is 0.291 e. The lowest BCUT2D eigenvalue weighted by Crippen LogP contribution is -2.38. The van der Waals surface area contributed by atoms with Crippen molar-refractivity contribution in [2.75, 3.05) is 11.9 Å². The highest BCUT2D eigenvalue weighted by molar-refractivity contribution is 9.10. The van der Waals surface area contributed by atoms with E-state index in [0.717, 1.165) is 15.8 Å². The normalized spacial score (nSPS) is 19.2. The van der Waals surface area contributed by atoms with Crippen LogP contribution in [0.1, 0.15) is 29.7 Å². The van der Waals surface area contributed by atoms with Crippen molar-refractivity contribution < 1.29 is 23.4 Å². The minimum Gasteiger partial charge on any atom is -0.332 e. The van der Waals surface area contributed by atoms with Crippen molar-refractivity contribution in [1.82, 2.24) is 29.4 Å². The zero-order valence-electron chi connectivity index (χ0n) is 21.0. The molecule has 1 amide bonds. The number of hydrogen-bond donors (Lipinski definition) is 2. The fraction of sp³-hybridized carbons (Fsp3) is 0.280. The molecule has 1 aliphatic heterocycles. The van der Waals surface area contributed by atoms with E-state index in [1.165, 1.54) is 11.6 Å². The SMILES string of the molecule is CC(=O)c1nn(CP(=O)(O)N2C[C@H](F)C[C@H]2C(=O)Nc2cccc(Br)n2)c2ccc(-c3cnc(C)nc3)cc12. The Morgan fingerprint density at radius 2 is 1.95 bits per heavy atom. The molecule has 0 bridgehead atoms. The van der Waals surface area contributed by atoms with Crippen LogP contribution in [0.15, 0.2) is 53.4 Å². The standard InChI is InChI=1S/C25H24BrFN7O4P/c1-14(35)24-19-8-16(17-10-28-15(2)29-11-17)6-7-20(19)33(32-24)13-39(37,38)34-12-18(27)9-21(34)25(36)31-23-5-3-4-22(26)30-23/h3-8,10-11,18,21H,9,12-13H2,1-2H3,(H,37,38)(H,30,31,36)/t18-,21+/m1/s1. The molecule has 14 heteroatoms. The number of benzene rings is 1. The molecule has 2 N–H and O–H groups in total. The van der Waals surface area contributed by atoms with Gasteiger partial charge in [-0.2, -0.15) is 5.10 Å². The Kier molecular flexibility index (Phi) is 7.43. The number of nitrogens with zero attached hydrogens (tertiary/aromatic N) is 6. The highest BCUT2D eigenvalue weighted by Gasteiger charge is 2.46. The molecule has 0 spiro atoms. The molecule has 0 aliphatic carbocycles. The van der Waals surface area contributed by atoms with Crippen LogP contribution >= 0.6 is 23.4 Å². The van der Waals surface area contributed by atoms with E-state index in [0.29, 0.717) is 21.3 Å². The molecular formula is C25H24BrFN7O4P. The Morgan fingerprint density at radius 3 is 2.64 bits per heavy atom. The average Bonchev–Trinajstić information content (AvgIpc) is 3.45. The van der Waals surface area contributed by atoms with E-state index in [2.05, 4.69) is 41.3 Å². The Labute approximate surface area is 231 Å². The number of hydrogen-bond acceptors (Lipinski definition) is 7. The largest absolute Gasteiger partial charge is 0.332 e.